The molecule has 0 amide bonds. The normalized spacial score (nSPS) is 19.8. The molecule has 8 heteroatoms. The molecule has 2 aromatic rings. The molecule has 1 aliphatic carbocycles. The van der Waals surface area contributed by atoms with E-state index in [-0.39, 0.29) is 23.5 Å². The lowest BCUT2D eigenvalue weighted by molar-refractivity contribution is -0.163. The van der Waals surface area contributed by atoms with Crippen molar-refractivity contribution in [2.75, 3.05) is 5.32 Å². The molecule has 2 aromatic heterocycles. The summed E-state index contributed by atoms with van der Waals surface area (Å²) >= 11 is 0. The van der Waals surface area contributed by atoms with Crippen LogP contribution in [0.5, 0.6) is 0 Å². The van der Waals surface area contributed by atoms with Crippen LogP contribution in [0, 0.1) is 5.92 Å². The smallest absolute Gasteiger partial charge is 0.339 e. The molecule has 8 nitrogen and oxygen atoms in total. The van der Waals surface area contributed by atoms with Crippen molar-refractivity contribution < 1.29 is 19.4 Å². The van der Waals surface area contributed by atoms with Crippen LogP contribution in [0.15, 0.2) is 12.4 Å². The van der Waals surface area contributed by atoms with Crippen molar-refractivity contribution in [2.24, 2.45) is 5.92 Å². The Morgan fingerprint density at radius 3 is 2.62 bits per heavy atom. The maximum Gasteiger partial charge on any atom is 0.339 e. The van der Waals surface area contributed by atoms with Crippen molar-refractivity contribution in [3.63, 3.8) is 0 Å². The molecular weight excluding hydrogens is 336 g/mol. The molecule has 0 saturated heterocycles. The van der Waals surface area contributed by atoms with E-state index < -0.39 is 11.6 Å². The number of nitrogens with zero attached hydrogens (tertiary/aromatic N) is 3. The van der Waals surface area contributed by atoms with Crippen molar-refractivity contribution in [3.05, 3.63) is 18.0 Å². The van der Waals surface area contributed by atoms with Gasteiger partial charge in [-0.2, -0.15) is 5.10 Å². The van der Waals surface area contributed by atoms with Crippen molar-refractivity contribution >= 4 is 28.7 Å². The van der Waals surface area contributed by atoms with Crippen LogP contribution in [0.3, 0.4) is 0 Å². The fraction of sp³-hybridized carbons (Fsp3) is 0.556. The van der Waals surface area contributed by atoms with Crippen LogP contribution in [0.4, 0.5) is 5.69 Å². The van der Waals surface area contributed by atoms with E-state index in [0.29, 0.717) is 36.1 Å². The van der Waals surface area contributed by atoms with Gasteiger partial charge in [0.2, 0.25) is 0 Å². The molecule has 2 N–H and O–H groups in total. The zero-order valence-electron chi connectivity index (χ0n) is 15.4. The summed E-state index contributed by atoms with van der Waals surface area (Å²) in [6.07, 6.45) is 4.20. The second-order valence-corrected chi connectivity index (χ2v) is 7.59. The number of aromatic carboxylic acids is 1. The highest BCUT2D eigenvalue weighted by Gasteiger charge is 2.38. The first-order valence-electron chi connectivity index (χ1n) is 8.76. The summed E-state index contributed by atoms with van der Waals surface area (Å²) in [6, 6.07) is 0.0150. The molecule has 0 aromatic carbocycles. The number of nitrogens with one attached hydrogen (secondary N) is 1. The van der Waals surface area contributed by atoms with E-state index in [0.717, 1.165) is 0 Å². The zero-order valence-corrected chi connectivity index (χ0v) is 15.4. The van der Waals surface area contributed by atoms with Gasteiger partial charge in [-0.25, -0.2) is 14.5 Å². The summed E-state index contributed by atoms with van der Waals surface area (Å²) in [5.41, 5.74) is 0.754. The molecule has 1 aliphatic rings. The second-order valence-electron chi connectivity index (χ2n) is 7.59. The van der Waals surface area contributed by atoms with E-state index in [4.69, 9.17) is 4.74 Å². The Bertz CT molecular complexity index is 847. The number of rotatable bonds is 5. The largest absolute Gasteiger partial charge is 0.478 e. The average Bonchev–Trinajstić information content (AvgIpc) is 2.91. The lowest BCUT2D eigenvalue weighted by atomic mass is 9.80. The van der Waals surface area contributed by atoms with Gasteiger partial charge in [-0.05, 0) is 40.5 Å². The summed E-state index contributed by atoms with van der Waals surface area (Å²) in [7, 11) is 0. The fourth-order valence-electron chi connectivity index (χ4n) is 3.09. The van der Waals surface area contributed by atoms with Crippen LogP contribution < -0.4 is 5.32 Å². The lowest BCUT2D eigenvalue weighted by Crippen LogP contribution is -2.42. The van der Waals surface area contributed by atoms with Gasteiger partial charge >= 0.3 is 11.9 Å². The zero-order chi connectivity index (χ0) is 19.1. The summed E-state index contributed by atoms with van der Waals surface area (Å²) < 4.78 is 7.12. The molecule has 0 bridgehead atoms. The van der Waals surface area contributed by atoms with Crippen LogP contribution in [-0.2, 0) is 16.1 Å². The van der Waals surface area contributed by atoms with Gasteiger partial charge < -0.3 is 15.2 Å². The number of aryl methyl sites for hydroxylation is 1. The van der Waals surface area contributed by atoms with Gasteiger partial charge in [-0.3, -0.25) is 4.79 Å². The number of hydrogen-bond donors (Lipinski definition) is 2. The van der Waals surface area contributed by atoms with Gasteiger partial charge in [-0.15, -0.1) is 0 Å². The van der Waals surface area contributed by atoms with Crippen molar-refractivity contribution in [2.45, 2.75) is 58.7 Å². The van der Waals surface area contributed by atoms with E-state index in [1.54, 1.807) is 10.9 Å². The van der Waals surface area contributed by atoms with Gasteiger partial charge in [-0.1, -0.05) is 0 Å². The first-order valence-corrected chi connectivity index (χ1v) is 8.76. The van der Waals surface area contributed by atoms with E-state index in [1.165, 1.54) is 6.20 Å². The SMILES string of the molecule is CCn1ncc2c(NC3CC(C(=O)OC(C)(C)C)C3)c(C(=O)O)cnc21. The second kappa shape index (κ2) is 6.59. The number of aromatic nitrogens is 3. The number of anilines is 1. The van der Waals surface area contributed by atoms with Gasteiger partial charge in [0.15, 0.2) is 5.65 Å². The van der Waals surface area contributed by atoms with Crippen LogP contribution in [0.1, 0.15) is 50.9 Å². The summed E-state index contributed by atoms with van der Waals surface area (Å²) in [5, 5.41) is 17.7. The third-order valence-corrected chi connectivity index (χ3v) is 4.42. The maximum atomic E-state index is 12.1. The third kappa shape index (κ3) is 3.49. The first kappa shape index (κ1) is 18.2. The highest BCUT2D eigenvalue weighted by atomic mass is 16.6. The van der Waals surface area contributed by atoms with Gasteiger partial charge in [0.1, 0.15) is 11.2 Å². The Kier molecular flexibility index (Phi) is 4.60. The predicted octanol–water partition coefficient (Wildman–Crippen LogP) is 2.68. The number of esters is 1. The van der Waals surface area contributed by atoms with Gasteiger partial charge in [0, 0.05) is 18.8 Å². The summed E-state index contributed by atoms with van der Waals surface area (Å²) in [6.45, 7) is 8.13. The van der Waals surface area contributed by atoms with Crippen LogP contribution >= 0.6 is 0 Å². The molecule has 0 radical (unpaired) electrons. The number of ether oxygens (including phenoxy) is 1. The Balaban J connectivity index is 1.77. The Hall–Kier alpha value is -2.64. The maximum absolute atomic E-state index is 12.1. The average molecular weight is 360 g/mol. The van der Waals surface area contributed by atoms with Gasteiger partial charge in [0.25, 0.3) is 0 Å². The van der Waals surface area contributed by atoms with Crippen LogP contribution in [0.2, 0.25) is 0 Å². The number of carboxylic acid groups (broad SMARTS) is 1. The molecule has 0 spiro atoms. The Morgan fingerprint density at radius 1 is 1.35 bits per heavy atom. The molecule has 3 rings (SSSR count). The topological polar surface area (TPSA) is 106 Å². The summed E-state index contributed by atoms with van der Waals surface area (Å²) in [5.74, 6) is -1.41. The number of carbonyl (C=O) groups excluding carboxylic acids is 1. The fourth-order valence-corrected chi connectivity index (χ4v) is 3.09. The van der Waals surface area contributed by atoms with Crippen molar-refractivity contribution in [1.29, 1.82) is 0 Å². The minimum atomic E-state index is -1.05. The molecular formula is C18H24N4O4. The number of carbonyl (C=O) groups is 2. The molecule has 2 heterocycles. The molecule has 0 unspecified atom stereocenters. The Labute approximate surface area is 151 Å². The van der Waals surface area contributed by atoms with E-state index in [1.807, 2.05) is 27.7 Å². The standard InChI is InChI=1S/C18H24N4O4/c1-5-22-15-12(9-20-22)14(13(8-19-15)16(23)24)21-11-6-10(7-11)17(25)26-18(2,3)4/h8-11H,5-7H2,1-4H3,(H,19,21)(H,23,24). The van der Waals surface area contributed by atoms with E-state index in [9.17, 15) is 14.7 Å². The minimum Gasteiger partial charge on any atom is -0.478 e. The van der Waals surface area contributed by atoms with Crippen molar-refractivity contribution in [1.82, 2.24) is 14.8 Å². The Morgan fingerprint density at radius 2 is 2.04 bits per heavy atom. The third-order valence-electron chi connectivity index (χ3n) is 4.42. The summed E-state index contributed by atoms with van der Waals surface area (Å²) in [4.78, 5) is 27.9. The molecule has 140 valence electrons. The number of fused-ring (bicyclic) bond motifs is 1. The first-order chi connectivity index (χ1) is 12.2. The van der Waals surface area contributed by atoms with Crippen LogP contribution in [-0.4, -0.2) is 43.5 Å². The monoisotopic (exact) mass is 360 g/mol. The highest BCUT2D eigenvalue weighted by molar-refractivity contribution is 6.03. The van der Waals surface area contributed by atoms with E-state index in [2.05, 4.69) is 15.4 Å². The van der Waals surface area contributed by atoms with Gasteiger partial charge in [0.05, 0.1) is 23.2 Å². The number of pyridine rings is 1. The molecule has 26 heavy (non-hydrogen) atoms. The van der Waals surface area contributed by atoms with E-state index >= 15 is 0 Å². The molecule has 0 atom stereocenters. The lowest BCUT2D eigenvalue weighted by Gasteiger charge is -2.36. The molecule has 1 fully saturated rings. The number of carboxylic acids is 1. The predicted molar refractivity (Wildman–Crippen MR) is 96.1 cm³/mol. The quantitative estimate of drug-likeness (QED) is 0.790. The highest BCUT2D eigenvalue weighted by Crippen LogP contribution is 2.35. The molecule has 0 aliphatic heterocycles. The molecule has 1 saturated carbocycles. The number of hydrogen-bond acceptors (Lipinski definition) is 6. The van der Waals surface area contributed by atoms with Crippen LogP contribution in [0.25, 0.3) is 11.0 Å². The minimum absolute atomic E-state index is 0.0150. The van der Waals surface area contributed by atoms with Crippen molar-refractivity contribution in [3.8, 4) is 0 Å².